The highest BCUT2D eigenvalue weighted by molar-refractivity contribution is 9.10. The SMILES string of the molecule is COC(=O)c1nn(-c2cc(C)ccn2)c(C)c1Br. The highest BCUT2D eigenvalue weighted by atomic mass is 79.9. The predicted molar refractivity (Wildman–Crippen MR) is 69.9 cm³/mol. The van der Waals surface area contributed by atoms with Crippen molar-refractivity contribution < 1.29 is 9.53 Å². The van der Waals surface area contributed by atoms with E-state index in [4.69, 9.17) is 0 Å². The largest absolute Gasteiger partial charge is 0.464 e. The number of ether oxygens (including phenoxy) is 1. The van der Waals surface area contributed by atoms with E-state index in [2.05, 4.69) is 30.7 Å². The van der Waals surface area contributed by atoms with Crippen LogP contribution in [-0.2, 0) is 4.74 Å². The Labute approximate surface area is 113 Å². The normalized spacial score (nSPS) is 10.4. The van der Waals surface area contributed by atoms with Crippen LogP contribution in [0.5, 0.6) is 0 Å². The molecule has 0 radical (unpaired) electrons. The second-order valence-electron chi connectivity index (χ2n) is 3.84. The van der Waals surface area contributed by atoms with Gasteiger partial charge in [-0.2, -0.15) is 5.10 Å². The van der Waals surface area contributed by atoms with Gasteiger partial charge in [-0.3, -0.25) is 0 Å². The second kappa shape index (κ2) is 4.89. The molecule has 6 heteroatoms. The molecule has 0 saturated heterocycles. The van der Waals surface area contributed by atoms with Crippen LogP contribution in [0.15, 0.2) is 22.8 Å². The number of hydrogen-bond donors (Lipinski definition) is 0. The van der Waals surface area contributed by atoms with E-state index >= 15 is 0 Å². The Hall–Kier alpha value is -1.69. The van der Waals surface area contributed by atoms with Gasteiger partial charge in [-0.25, -0.2) is 14.5 Å². The summed E-state index contributed by atoms with van der Waals surface area (Å²) in [6, 6.07) is 3.80. The molecule has 0 saturated carbocycles. The van der Waals surface area contributed by atoms with Crippen molar-refractivity contribution >= 4 is 21.9 Å². The first-order valence-corrected chi connectivity index (χ1v) is 6.10. The van der Waals surface area contributed by atoms with Gasteiger partial charge < -0.3 is 4.74 Å². The monoisotopic (exact) mass is 309 g/mol. The second-order valence-corrected chi connectivity index (χ2v) is 4.64. The number of methoxy groups -OCH3 is 1. The van der Waals surface area contributed by atoms with Crippen LogP contribution in [0.25, 0.3) is 5.82 Å². The van der Waals surface area contributed by atoms with Crippen molar-refractivity contribution in [2.75, 3.05) is 7.11 Å². The zero-order valence-electron chi connectivity index (χ0n) is 10.3. The van der Waals surface area contributed by atoms with Crippen LogP contribution < -0.4 is 0 Å². The first-order chi connectivity index (χ1) is 8.54. The molecule has 0 amide bonds. The van der Waals surface area contributed by atoms with Crippen molar-refractivity contribution in [1.82, 2.24) is 14.8 Å². The lowest BCUT2D eigenvalue weighted by molar-refractivity contribution is 0.0592. The lowest BCUT2D eigenvalue weighted by Crippen LogP contribution is -2.06. The van der Waals surface area contributed by atoms with E-state index in [1.165, 1.54) is 7.11 Å². The molecular weight excluding hydrogens is 298 g/mol. The fourth-order valence-electron chi connectivity index (χ4n) is 1.57. The van der Waals surface area contributed by atoms with Gasteiger partial charge in [0.2, 0.25) is 0 Å². The Kier molecular flexibility index (Phi) is 3.47. The van der Waals surface area contributed by atoms with Gasteiger partial charge in [0.25, 0.3) is 0 Å². The Balaban J connectivity index is 2.56. The van der Waals surface area contributed by atoms with Crippen molar-refractivity contribution in [2.45, 2.75) is 13.8 Å². The van der Waals surface area contributed by atoms with E-state index in [1.807, 2.05) is 26.0 Å². The van der Waals surface area contributed by atoms with Crippen LogP contribution in [0.2, 0.25) is 0 Å². The lowest BCUT2D eigenvalue weighted by atomic mass is 10.3. The number of aryl methyl sites for hydroxylation is 1. The maximum absolute atomic E-state index is 11.5. The van der Waals surface area contributed by atoms with E-state index in [-0.39, 0.29) is 5.69 Å². The average Bonchev–Trinajstić information content (AvgIpc) is 2.66. The molecule has 0 aliphatic rings. The zero-order valence-corrected chi connectivity index (χ0v) is 11.9. The molecule has 94 valence electrons. The Bertz CT molecular complexity index is 607. The predicted octanol–water partition coefficient (Wildman–Crippen LogP) is 2.43. The zero-order chi connectivity index (χ0) is 13.3. The third kappa shape index (κ3) is 2.15. The number of halogens is 1. The van der Waals surface area contributed by atoms with Crippen molar-refractivity contribution in [2.24, 2.45) is 0 Å². The molecule has 5 nitrogen and oxygen atoms in total. The highest BCUT2D eigenvalue weighted by Crippen LogP contribution is 2.23. The molecule has 18 heavy (non-hydrogen) atoms. The highest BCUT2D eigenvalue weighted by Gasteiger charge is 2.20. The van der Waals surface area contributed by atoms with Crippen LogP contribution in [0.1, 0.15) is 21.7 Å². The number of rotatable bonds is 2. The number of esters is 1. The first-order valence-electron chi connectivity index (χ1n) is 5.31. The number of carbonyl (C=O) groups is 1. The summed E-state index contributed by atoms with van der Waals surface area (Å²) in [5.41, 5.74) is 2.12. The van der Waals surface area contributed by atoms with Crippen molar-refractivity contribution in [3.63, 3.8) is 0 Å². The summed E-state index contributed by atoms with van der Waals surface area (Å²) in [5.74, 6) is 0.194. The van der Waals surface area contributed by atoms with E-state index in [1.54, 1.807) is 10.9 Å². The Morgan fingerprint density at radius 2 is 2.17 bits per heavy atom. The molecule has 0 aliphatic carbocycles. The third-order valence-electron chi connectivity index (χ3n) is 2.54. The van der Waals surface area contributed by atoms with E-state index < -0.39 is 5.97 Å². The van der Waals surface area contributed by atoms with Gasteiger partial charge in [0.1, 0.15) is 0 Å². The standard InChI is InChI=1S/C12H12BrN3O2/c1-7-4-5-14-9(6-7)16-8(2)10(13)11(15-16)12(17)18-3/h4-6H,1-3H3. The van der Waals surface area contributed by atoms with Gasteiger partial charge in [0.15, 0.2) is 11.5 Å². The molecule has 2 aromatic rings. The summed E-state index contributed by atoms with van der Waals surface area (Å²) >= 11 is 3.35. The van der Waals surface area contributed by atoms with Gasteiger partial charge in [0.05, 0.1) is 17.3 Å². The van der Waals surface area contributed by atoms with Gasteiger partial charge >= 0.3 is 5.97 Å². The van der Waals surface area contributed by atoms with Crippen molar-refractivity contribution in [3.05, 3.63) is 39.8 Å². The molecule has 0 N–H and O–H groups in total. The average molecular weight is 310 g/mol. The summed E-state index contributed by atoms with van der Waals surface area (Å²) in [5, 5.41) is 4.22. The van der Waals surface area contributed by atoms with E-state index in [0.717, 1.165) is 11.3 Å². The summed E-state index contributed by atoms with van der Waals surface area (Å²) < 4.78 is 6.92. The summed E-state index contributed by atoms with van der Waals surface area (Å²) in [6.07, 6.45) is 1.71. The number of pyridine rings is 1. The van der Waals surface area contributed by atoms with Crippen molar-refractivity contribution in [3.8, 4) is 5.82 Å². The molecule has 2 aromatic heterocycles. The number of carbonyl (C=O) groups excluding carboxylic acids is 1. The molecule has 0 fully saturated rings. The summed E-state index contributed by atoms with van der Waals surface area (Å²) in [4.78, 5) is 15.8. The molecule has 0 aliphatic heterocycles. The van der Waals surface area contributed by atoms with Crippen molar-refractivity contribution in [1.29, 1.82) is 0 Å². The minimum absolute atomic E-state index is 0.248. The molecule has 0 unspecified atom stereocenters. The maximum atomic E-state index is 11.5. The van der Waals surface area contributed by atoms with Gasteiger partial charge in [-0.05, 0) is 47.5 Å². The number of hydrogen-bond acceptors (Lipinski definition) is 4. The fraction of sp³-hybridized carbons (Fsp3) is 0.250. The molecule has 0 bridgehead atoms. The smallest absolute Gasteiger partial charge is 0.359 e. The molecule has 0 spiro atoms. The summed E-state index contributed by atoms with van der Waals surface area (Å²) in [7, 11) is 1.33. The van der Waals surface area contributed by atoms with Crippen LogP contribution in [0, 0.1) is 13.8 Å². The first kappa shape index (κ1) is 12.8. The van der Waals surface area contributed by atoms with Gasteiger partial charge in [-0.15, -0.1) is 0 Å². The van der Waals surface area contributed by atoms with Gasteiger partial charge in [0, 0.05) is 6.20 Å². The Morgan fingerprint density at radius 3 is 2.78 bits per heavy atom. The van der Waals surface area contributed by atoms with Crippen LogP contribution >= 0.6 is 15.9 Å². The maximum Gasteiger partial charge on any atom is 0.359 e. The summed E-state index contributed by atoms with van der Waals surface area (Å²) in [6.45, 7) is 3.83. The quantitative estimate of drug-likeness (QED) is 0.800. The number of nitrogens with zero attached hydrogens (tertiary/aromatic N) is 3. The van der Waals surface area contributed by atoms with Crippen LogP contribution in [0.4, 0.5) is 0 Å². The van der Waals surface area contributed by atoms with E-state index in [0.29, 0.717) is 10.3 Å². The van der Waals surface area contributed by atoms with Crippen LogP contribution in [0.3, 0.4) is 0 Å². The number of aromatic nitrogens is 3. The van der Waals surface area contributed by atoms with Gasteiger partial charge in [-0.1, -0.05) is 0 Å². The third-order valence-corrected chi connectivity index (χ3v) is 3.49. The fourth-order valence-corrected chi connectivity index (χ4v) is 1.98. The van der Waals surface area contributed by atoms with Crippen LogP contribution in [-0.4, -0.2) is 27.8 Å². The Morgan fingerprint density at radius 1 is 1.44 bits per heavy atom. The minimum Gasteiger partial charge on any atom is -0.464 e. The van der Waals surface area contributed by atoms with E-state index in [9.17, 15) is 4.79 Å². The molecule has 0 aromatic carbocycles. The minimum atomic E-state index is -0.476. The molecular formula is C12H12BrN3O2. The molecule has 0 atom stereocenters. The molecule has 2 heterocycles. The topological polar surface area (TPSA) is 57.0 Å². The molecule has 2 rings (SSSR count). The lowest BCUT2D eigenvalue weighted by Gasteiger charge is -2.03.